The van der Waals surface area contributed by atoms with Gasteiger partial charge in [-0.1, -0.05) is 12.1 Å². The maximum atomic E-state index is 14.5. The molecular weight excluding hydrogens is 404 g/mol. The molecule has 0 spiro atoms. The van der Waals surface area contributed by atoms with E-state index in [1.807, 2.05) is 0 Å². The first-order valence-electron chi connectivity index (χ1n) is 9.44. The Hall–Kier alpha value is -3.81. The van der Waals surface area contributed by atoms with Gasteiger partial charge in [0.2, 0.25) is 11.8 Å². The number of benzene rings is 2. The van der Waals surface area contributed by atoms with Crippen molar-refractivity contribution < 1.29 is 23.1 Å². The van der Waals surface area contributed by atoms with E-state index in [1.54, 1.807) is 26.0 Å². The number of halogens is 2. The fourth-order valence-electron chi connectivity index (χ4n) is 2.75. The molecule has 2 aromatic carbocycles. The maximum absolute atomic E-state index is 14.5. The second-order valence-corrected chi connectivity index (χ2v) is 7.39. The first kappa shape index (κ1) is 21.9. The lowest BCUT2D eigenvalue weighted by atomic mass is 9.83. The van der Waals surface area contributed by atoms with Crippen LogP contribution >= 0.6 is 0 Å². The van der Waals surface area contributed by atoms with Gasteiger partial charge in [-0.05, 0) is 61.9 Å². The molecule has 0 fully saturated rings. The van der Waals surface area contributed by atoms with Crippen molar-refractivity contribution in [3.05, 3.63) is 89.1 Å². The highest BCUT2D eigenvalue weighted by Gasteiger charge is 2.28. The average Bonchev–Trinajstić information content (AvgIpc) is 2.74. The molecule has 0 unspecified atom stereocenters. The van der Waals surface area contributed by atoms with E-state index in [4.69, 9.17) is 10.5 Å². The van der Waals surface area contributed by atoms with Gasteiger partial charge < -0.3 is 15.8 Å². The van der Waals surface area contributed by atoms with E-state index in [2.05, 4.69) is 10.3 Å². The number of nitrogens with two attached hydrogens (primary N) is 1. The van der Waals surface area contributed by atoms with Crippen molar-refractivity contribution in [1.29, 1.82) is 0 Å². The van der Waals surface area contributed by atoms with Gasteiger partial charge in [-0.25, -0.2) is 13.8 Å². The smallest absolute Gasteiger partial charge is 0.257 e. The maximum Gasteiger partial charge on any atom is 0.257 e. The predicted octanol–water partition coefficient (Wildman–Crippen LogP) is 3.85. The number of carbonyl (C=O) groups excluding carboxylic acids is 2. The summed E-state index contributed by atoms with van der Waals surface area (Å²) in [5.41, 5.74) is 5.17. The Morgan fingerprint density at radius 1 is 1.10 bits per heavy atom. The number of ether oxygens (including phenoxy) is 1. The van der Waals surface area contributed by atoms with Gasteiger partial charge in [0, 0.05) is 18.3 Å². The number of rotatable bonds is 7. The summed E-state index contributed by atoms with van der Waals surface area (Å²) in [5.74, 6) is -1.73. The summed E-state index contributed by atoms with van der Waals surface area (Å²) in [6, 6.07) is 12.7. The number of nitrogens with zero attached hydrogens (tertiary/aromatic N) is 1. The van der Waals surface area contributed by atoms with Crippen LogP contribution in [-0.4, -0.2) is 16.8 Å². The fraction of sp³-hybridized carbons (Fsp3) is 0.174. The minimum atomic E-state index is -1.02. The van der Waals surface area contributed by atoms with Gasteiger partial charge in [0.1, 0.15) is 22.9 Å². The zero-order valence-electron chi connectivity index (χ0n) is 17.0. The fourth-order valence-corrected chi connectivity index (χ4v) is 2.75. The highest BCUT2D eigenvalue weighted by molar-refractivity contribution is 5.96. The van der Waals surface area contributed by atoms with Crippen LogP contribution in [0.2, 0.25) is 0 Å². The second-order valence-electron chi connectivity index (χ2n) is 7.39. The molecule has 0 aliphatic heterocycles. The Labute approximate surface area is 178 Å². The molecule has 0 bridgehead atoms. The van der Waals surface area contributed by atoms with Crippen LogP contribution in [0.5, 0.6) is 11.6 Å². The van der Waals surface area contributed by atoms with Crippen LogP contribution < -0.4 is 15.8 Å². The third-order valence-corrected chi connectivity index (χ3v) is 4.87. The number of pyridine rings is 1. The van der Waals surface area contributed by atoms with Gasteiger partial charge in [0.25, 0.3) is 5.91 Å². The van der Waals surface area contributed by atoms with E-state index >= 15 is 0 Å². The van der Waals surface area contributed by atoms with E-state index in [-0.39, 0.29) is 23.6 Å². The third-order valence-electron chi connectivity index (χ3n) is 4.87. The Balaban J connectivity index is 1.73. The van der Waals surface area contributed by atoms with Crippen molar-refractivity contribution in [2.45, 2.75) is 25.8 Å². The van der Waals surface area contributed by atoms with Crippen LogP contribution in [0.1, 0.15) is 35.3 Å². The molecule has 3 aromatic rings. The number of nitrogens with one attached hydrogen (secondary N) is 1. The topological polar surface area (TPSA) is 94.3 Å². The van der Waals surface area contributed by atoms with Crippen LogP contribution in [0, 0.1) is 11.6 Å². The third kappa shape index (κ3) is 5.03. The molecule has 1 heterocycles. The molecule has 0 aliphatic carbocycles. The molecular formula is C23H21F2N3O3. The Morgan fingerprint density at radius 2 is 1.81 bits per heavy atom. The average molecular weight is 425 g/mol. The quantitative estimate of drug-likeness (QED) is 0.601. The predicted molar refractivity (Wildman–Crippen MR) is 111 cm³/mol. The zero-order valence-corrected chi connectivity index (χ0v) is 17.0. The van der Waals surface area contributed by atoms with Gasteiger partial charge in [0.15, 0.2) is 0 Å². The van der Waals surface area contributed by atoms with Crippen molar-refractivity contribution in [1.82, 2.24) is 10.3 Å². The molecule has 3 N–H and O–H groups in total. The molecule has 160 valence electrons. The van der Waals surface area contributed by atoms with Crippen LogP contribution in [0.3, 0.4) is 0 Å². The number of carbonyl (C=O) groups is 2. The Morgan fingerprint density at radius 3 is 2.45 bits per heavy atom. The van der Waals surface area contributed by atoms with E-state index in [9.17, 15) is 18.4 Å². The van der Waals surface area contributed by atoms with Crippen LogP contribution in [0.15, 0.2) is 60.8 Å². The lowest BCUT2D eigenvalue weighted by Crippen LogP contribution is -2.35. The molecule has 31 heavy (non-hydrogen) atoms. The van der Waals surface area contributed by atoms with Crippen molar-refractivity contribution >= 4 is 11.8 Å². The van der Waals surface area contributed by atoms with Gasteiger partial charge in [-0.2, -0.15) is 0 Å². The van der Waals surface area contributed by atoms with Crippen molar-refractivity contribution in [2.24, 2.45) is 5.73 Å². The molecule has 2 amide bonds. The van der Waals surface area contributed by atoms with E-state index in [0.717, 1.165) is 0 Å². The monoisotopic (exact) mass is 425 g/mol. The van der Waals surface area contributed by atoms with Gasteiger partial charge in [-0.15, -0.1) is 0 Å². The first-order chi connectivity index (χ1) is 14.7. The largest absolute Gasteiger partial charge is 0.438 e. The minimum Gasteiger partial charge on any atom is -0.438 e. The van der Waals surface area contributed by atoms with E-state index in [1.165, 1.54) is 48.7 Å². The molecule has 0 saturated carbocycles. The summed E-state index contributed by atoms with van der Waals surface area (Å²) in [4.78, 5) is 28.3. The summed E-state index contributed by atoms with van der Waals surface area (Å²) in [7, 11) is 0. The molecule has 0 radical (unpaired) electrons. The zero-order chi connectivity index (χ0) is 22.6. The summed E-state index contributed by atoms with van der Waals surface area (Å²) in [6.45, 7) is 3.13. The van der Waals surface area contributed by atoms with Crippen molar-refractivity contribution in [2.75, 3.05) is 0 Å². The summed E-state index contributed by atoms with van der Waals surface area (Å²) in [5, 5.41) is 2.62. The molecule has 0 aliphatic rings. The second kappa shape index (κ2) is 8.91. The number of primary amides is 1. The summed E-state index contributed by atoms with van der Waals surface area (Å²) in [6.07, 6.45) is 1.45. The highest BCUT2D eigenvalue weighted by Crippen LogP contribution is 2.25. The van der Waals surface area contributed by atoms with Gasteiger partial charge in [-0.3, -0.25) is 9.59 Å². The molecule has 8 heteroatoms. The number of amides is 2. The molecule has 3 rings (SSSR count). The Kier molecular flexibility index (Phi) is 6.29. The van der Waals surface area contributed by atoms with Crippen molar-refractivity contribution in [3.8, 4) is 11.6 Å². The lowest BCUT2D eigenvalue weighted by Gasteiger charge is -2.21. The van der Waals surface area contributed by atoms with Gasteiger partial charge >= 0.3 is 0 Å². The summed E-state index contributed by atoms with van der Waals surface area (Å²) >= 11 is 0. The highest BCUT2D eigenvalue weighted by atomic mass is 19.1. The van der Waals surface area contributed by atoms with Crippen LogP contribution in [-0.2, 0) is 16.8 Å². The number of hydrogen-bond donors (Lipinski definition) is 2. The first-order valence-corrected chi connectivity index (χ1v) is 9.44. The van der Waals surface area contributed by atoms with Crippen LogP contribution in [0.4, 0.5) is 8.78 Å². The summed E-state index contributed by atoms with van der Waals surface area (Å²) < 4.78 is 33.2. The molecule has 6 nitrogen and oxygen atoms in total. The number of hydrogen-bond acceptors (Lipinski definition) is 4. The van der Waals surface area contributed by atoms with E-state index < -0.39 is 28.9 Å². The minimum absolute atomic E-state index is 0.0330. The lowest BCUT2D eigenvalue weighted by molar-refractivity contribution is -0.122. The van der Waals surface area contributed by atoms with Gasteiger partial charge in [0.05, 0.1) is 5.41 Å². The molecule has 1 aromatic heterocycles. The normalized spacial score (nSPS) is 11.1. The number of aromatic nitrogens is 1. The standard InChI is InChI=1S/C23H21F2N3O3/c1-23(2,22(26)30)15-6-5-14(19(25)12-15)13-28-20(29)18-4-3-11-27-21(18)31-17-9-7-16(24)8-10-17/h3-12H,13H2,1-2H3,(H2,26,30)(H,28,29). The SMILES string of the molecule is CC(C)(C(N)=O)c1ccc(CNC(=O)c2cccnc2Oc2ccc(F)cc2)c(F)c1. The van der Waals surface area contributed by atoms with E-state index in [0.29, 0.717) is 11.3 Å². The Bertz CT molecular complexity index is 1120. The molecule has 0 saturated heterocycles. The van der Waals surface area contributed by atoms with Crippen molar-refractivity contribution in [3.63, 3.8) is 0 Å². The molecule has 0 atom stereocenters. The van der Waals surface area contributed by atoms with Crippen LogP contribution in [0.25, 0.3) is 0 Å².